The van der Waals surface area contributed by atoms with Gasteiger partial charge in [0.1, 0.15) is 6.54 Å². The maximum atomic E-state index is 11.6. The molecular formula is C14H20N2O6. The topological polar surface area (TPSA) is 95.1 Å². The molecule has 8 nitrogen and oxygen atoms in total. The van der Waals surface area contributed by atoms with Gasteiger partial charge >= 0.3 is 12.0 Å². The molecule has 0 heterocycles. The van der Waals surface area contributed by atoms with Gasteiger partial charge in [-0.15, -0.1) is 0 Å². The average molecular weight is 312 g/mol. The molecule has 2 N–H and O–H groups in total. The van der Waals surface area contributed by atoms with Crippen molar-refractivity contribution in [2.45, 2.75) is 6.54 Å². The molecule has 0 aliphatic rings. The van der Waals surface area contributed by atoms with E-state index in [0.717, 1.165) is 5.56 Å². The molecule has 0 spiro atoms. The van der Waals surface area contributed by atoms with E-state index in [1.807, 2.05) is 0 Å². The number of benzene rings is 1. The molecule has 0 aromatic heterocycles. The molecule has 0 unspecified atom stereocenters. The third-order valence-corrected chi connectivity index (χ3v) is 2.80. The smallest absolute Gasteiger partial charge is 0.325 e. The van der Waals surface area contributed by atoms with Crippen molar-refractivity contribution in [2.75, 3.05) is 35.0 Å². The number of ether oxygens (including phenoxy) is 4. The number of urea groups is 1. The van der Waals surface area contributed by atoms with Gasteiger partial charge in [-0.1, -0.05) is 0 Å². The van der Waals surface area contributed by atoms with Crippen LogP contribution in [0, 0.1) is 0 Å². The maximum Gasteiger partial charge on any atom is 0.325 e. The van der Waals surface area contributed by atoms with Gasteiger partial charge in [0.2, 0.25) is 5.75 Å². The summed E-state index contributed by atoms with van der Waals surface area (Å²) in [7, 11) is 5.78. The van der Waals surface area contributed by atoms with Crippen molar-refractivity contribution < 1.29 is 28.5 Å². The van der Waals surface area contributed by atoms with E-state index in [0.29, 0.717) is 17.2 Å². The second kappa shape index (κ2) is 8.60. The van der Waals surface area contributed by atoms with Crippen molar-refractivity contribution in [1.29, 1.82) is 0 Å². The molecule has 122 valence electrons. The monoisotopic (exact) mass is 312 g/mol. The van der Waals surface area contributed by atoms with Crippen LogP contribution in [-0.4, -0.2) is 47.0 Å². The third kappa shape index (κ3) is 4.72. The van der Waals surface area contributed by atoms with Gasteiger partial charge in [-0.2, -0.15) is 0 Å². The highest BCUT2D eigenvalue weighted by molar-refractivity contribution is 5.80. The number of nitrogens with one attached hydrogen (secondary N) is 2. The van der Waals surface area contributed by atoms with Gasteiger partial charge in [0, 0.05) is 6.54 Å². The number of methoxy groups -OCH3 is 4. The predicted molar refractivity (Wildman–Crippen MR) is 78.4 cm³/mol. The Morgan fingerprint density at radius 1 is 0.955 bits per heavy atom. The third-order valence-electron chi connectivity index (χ3n) is 2.80. The highest BCUT2D eigenvalue weighted by atomic mass is 16.5. The van der Waals surface area contributed by atoms with Crippen molar-refractivity contribution in [3.63, 3.8) is 0 Å². The first-order valence-electron chi connectivity index (χ1n) is 6.43. The summed E-state index contributed by atoms with van der Waals surface area (Å²) in [6.45, 7) is 0.0291. The predicted octanol–water partition coefficient (Wildman–Crippen LogP) is 0.685. The van der Waals surface area contributed by atoms with Crippen LogP contribution in [0.4, 0.5) is 4.79 Å². The zero-order valence-corrected chi connectivity index (χ0v) is 13.0. The molecule has 0 radical (unpaired) electrons. The summed E-state index contributed by atoms with van der Waals surface area (Å²) in [5.74, 6) is 0.939. The first kappa shape index (κ1) is 17.4. The van der Waals surface area contributed by atoms with Gasteiger partial charge < -0.3 is 29.6 Å². The Morgan fingerprint density at radius 3 is 2.00 bits per heavy atom. The summed E-state index contributed by atoms with van der Waals surface area (Å²) in [5, 5.41) is 4.98. The minimum absolute atomic E-state index is 0.197. The van der Waals surface area contributed by atoms with Gasteiger partial charge in [0.15, 0.2) is 11.5 Å². The van der Waals surface area contributed by atoms with Gasteiger partial charge in [-0.3, -0.25) is 4.79 Å². The summed E-state index contributed by atoms with van der Waals surface area (Å²) in [6.07, 6.45) is 0. The zero-order chi connectivity index (χ0) is 16.5. The van der Waals surface area contributed by atoms with Crippen LogP contribution in [0.1, 0.15) is 5.56 Å². The highest BCUT2D eigenvalue weighted by Gasteiger charge is 2.13. The van der Waals surface area contributed by atoms with E-state index in [4.69, 9.17) is 14.2 Å². The lowest BCUT2D eigenvalue weighted by Gasteiger charge is -2.14. The first-order chi connectivity index (χ1) is 10.5. The lowest BCUT2D eigenvalue weighted by molar-refractivity contribution is -0.139. The van der Waals surface area contributed by atoms with Crippen molar-refractivity contribution in [3.05, 3.63) is 17.7 Å². The standard InChI is InChI=1S/C14H20N2O6/c1-19-10-5-9(6-11(20-2)13(10)22-4)7-15-14(18)16-8-12(17)21-3/h5-6H,7-8H2,1-4H3,(H2,15,16,18). The van der Waals surface area contributed by atoms with Crippen molar-refractivity contribution in [3.8, 4) is 17.2 Å². The van der Waals surface area contributed by atoms with Crippen LogP contribution < -0.4 is 24.8 Å². The van der Waals surface area contributed by atoms with Gasteiger partial charge in [0.05, 0.1) is 28.4 Å². The summed E-state index contributed by atoms with van der Waals surface area (Å²) in [6, 6.07) is 2.96. The Bertz CT molecular complexity index is 507. The van der Waals surface area contributed by atoms with E-state index in [2.05, 4.69) is 15.4 Å². The van der Waals surface area contributed by atoms with Crippen LogP contribution in [0.5, 0.6) is 17.2 Å². The molecular weight excluding hydrogens is 292 g/mol. The molecule has 1 rings (SSSR count). The van der Waals surface area contributed by atoms with Crippen LogP contribution in [0.25, 0.3) is 0 Å². The maximum absolute atomic E-state index is 11.6. The number of esters is 1. The molecule has 0 saturated heterocycles. The van der Waals surface area contributed by atoms with Crippen molar-refractivity contribution >= 4 is 12.0 Å². The van der Waals surface area contributed by atoms with E-state index < -0.39 is 12.0 Å². The lowest BCUT2D eigenvalue weighted by atomic mass is 10.2. The molecule has 0 saturated carbocycles. The number of hydrogen-bond acceptors (Lipinski definition) is 6. The molecule has 8 heteroatoms. The molecule has 0 atom stereocenters. The molecule has 0 bridgehead atoms. The highest BCUT2D eigenvalue weighted by Crippen LogP contribution is 2.38. The minimum atomic E-state index is -0.525. The molecule has 0 aliphatic carbocycles. The van der Waals surface area contributed by atoms with Gasteiger partial charge in [-0.25, -0.2) is 4.79 Å². The van der Waals surface area contributed by atoms with E-state index in [1.165, 1.54) is 28.4 Å². The van der Waals surface area contributed by atoms with Crippen molar-refractivity contribution in [2.24, 2.45) is 0 Å². The summed E-state index contributed by atoms with van der Waals surface area (Å²) in [4.78, 5) is 22.5. The average Bonchev–Trinajstić information content (AvgIpc) is 2.56. The number of rotatable bonds is 7. The van der Waals surface area contributed by atoms with E-state index in [-0.39, 0.29) is 13.1 Å². The summed E-state index contributed by atoms with van der Waals surface area (Å²) >= 11 is 0. The number of carbonyl (C=O) groups excluding carboxylic acids is 2. The number of amides is 2. The minimum Gasteiger partial charge on any atom is -0.493 e. The van der Waals surface area contributed by atoms with Crippen LogP contribution >= 0.6 is 0 Å². The van der Waals surface area contributed by atoms with E-state index in [1.54, 1.807) is 12.1 Å². The largest absolute Gasteiger partial charge is 0.493 e. The molecule has 1 aromatic carbocycles. The molecule has 0 aliphatic heterocycles. The number of carbonyl (C=O) groups is 2. The van der Waals surface area contributed by atoms with Crippen LogP contribution in [0.15, 0.2) is 12.1 Å². The van der Waals surface area contributed by atoms with Gasteiger partial charge in [0.25, 0.3) is 0 Å². The first-order valence-corrected chi connectivity index (χ1v) is 6.43. The van der Waals surface area contributed by atoms with E-state index >= 15 is 0 Å². The van der Waals surface area contributed by atoms with Gasteiger partial charge in [-0.05, 0) is 17.7 Å². The zero-order valence-electron chi connectivity index (χ0n) is 13.0. The summed E-state index contributed by atoms with van der Waals surface area (Å²) in [5.41, 5.74) is 0.753. The fraction of sp³-hybridized carbons (Fsp3) is 0.429. The Labute approximate surface area is 128 Å². The normalized spacial score (nSPS) is 9.64. The summed E-state index contributed by atoms with van der Waals surface area (Å²) < 4.78 is 20.1. The quantitative estimate of drug-likeness (QED) is 0.719. The second-order valence-corrected chi connectivity index (χ2v) is 4.15. The molecule has 0 fully saturated rings. The lowest BCUT2D eigenvalue weighted by Crippen LogP contribution is -2.38. The SMILES string of the molecule is COC(=O)CNC(=O)NCc1cc(OC)c(OC)c(OC)c1. The van der Waals surface area contributed by atoms with Crippen molar-refractivity contribution in [1.82, 2.24) is 10.6 Å². The van der Waals surface area contributed by atoms with Crippen LogP contribution in [0.2, 0.25) is 0 Å². The molecule has 1 aromatic rings. The van der Waals surface area contributed by atoms with Crippen LogP contribution in [-0.2, 0) is 16.1 Å². The Balaban J connectivity index is 2.69. The fourth-order valence-electron chi connectivity index (χ4n) is 1.71. The van der Waals surface area contributed by atoms with Crippen LogP contribution in [0.3, 0.4) is 0 Å². The Morgan fingerprint density at radius 2 is 1.55 bits per heavy atom. The fourth-order valence-corrected chi connectivity index (χ4v) is 1.71. The molecule has 2 amide bonds. The number of hydrogen-bond donors (Lipinski definition) is 2. The Kier molecular flexibility index (Phi) is 6.81. The second-order valence-electron chi connectivity index (χ2n) is 4.15. The molecule has 22 heavy (non-hydrogen) atoms. The Hall–Kier alpha value is -2.64. The van der Waals surface area contributed by atoms with E-state index in [9.17, 15) is 9.59 Å².